The summed E-state index contributed by atoms with van der Waals surface area (Å²) in [5.74, 6) is 3.06. The highest BCUT2D eigenvalue weighted by Gasteiger charge is 2.25. The van der Waals surface area contributed by atoms with Gasteiger partial charge >= 0.3 is 0 Å². The van der Waals surface area contributed by atoms with Crippen LogP contribution in [0.2, 0.25) is 0 Å². The summed E-state index contributed by atoms with van der Waals surface area (Å²) in [6, 6.07) is 7.84. The average Bonchev–Trinajstić information content (AvgIpc) is 2.84. The van der Waals surface area contributed by atoms with Crippen molar-refractivity contribution >= 4 is 35.4 Å². The second kappa shape index (κ2) is 9.86. The molecule has 170 valence electrons. The standard InChI is InChI=1S/C23H31N7O2/c1-17(31)28-13-15-30(16-14-28)23-21(24)22(29-11-9-25-10-12-29)26-20(27-23)8-5-18-3-6-19(32-2)7-4-18/h3-8,25H,9-16,24H2,1-2H3/b8-5+. The third-order valence-electron chi connectivity index (χ3n) is 5.90. The van der Waals surface area contributed by atoms with E-state index in [2.05, 4.69) is 15.1 Å². The Morgan fingerprint density at radius 3 is 2.12 bits per heavy atom. The smallest absolute Gasteiger partial charge is 0.219 e. The fourth-order valence-electron chi connectivity index (χ4n) is 4.01. The lowest BCUT2D eigenvalue weighted by Crippen LogP contribution is -2.49. The molecule has 4 rings (SSSR count). The number of nitrogens with two attached hydrogens (primary N) is 1. The number of aromatic nitrogens is 2. The van der Waals surface area contributed by atoms with Crippen molar-refractivity contribution in [3.05, 3.63) is 35.7 Å². The van der Waals surface area contributed by atoms with Crippen LogP contribution in [0.4, 0.5) is 17.3 Å². The maximum atomic E-state index is 11.7. The highest BCUT2D eigenvalue weighted by molar-refractivity contribution is 5.79. The second-order valence-electron chi connectivity index (χ2n) is 7.98. The Morgan fingerprint density at radius 1 is 0.969 bits per heavy atom. The van der Waals surface area contributed by atoms with Crippen LogP contribution in [0.25, 0.3) is 12.2 Å². The first-order valence-electron chi connectivity index (χ1n) is 11.0. The molecule has 0 bridgehead atoms. The number of carbonyl (C=O) groups excluding carboxylic acids is 1. The molecule has 9 heteroatoms. The number of methoxy groups -OCH3 is 1. The van der Waals surface area contributed by atoms with Gasteiger partial charge in [-0.3, -0.25) is 4.79 Å². The van der Waals surface area contributed by atoms with Gasteiger partial charge in [-0.15, -0.1) is 0 Å². The van der Waals surface area contributed by atoms with Crippen LogP contribution in [0.3, 0.4) is 0 Å². The fraction of sp³-hybridized carbons (Fsp3) is 0.435. The van der Waals surface area contributed by atoms with Gasteiger partial charge in [0.1, 0.15) is 11.4 Å². The molecule has 1 aromatic heterocycles. The highest BCUT2D eigenvalue weighted by Crippen LogP contribution is 2.31. The molecule has 2 saturated heterocycles. The molecule has 0 unspecified atom stereocenters. The van der Waals surface area contributed by atoms with Gasteiger partial charge in [-0.05, 0) is 23.8 Å². The Labute approximate surface area is 188 Å². The van der Waals surface area contributed by atoms with E-state index in [4.69, 9.17) is 20.4 Å². The van der Waals surface area contributed by atoms with Crippen LogP contribution in [-0.2, 0) is 4.79 Å². The molecule has 1 aromatic carbocycles. The van der Waals surface area contributed by atoms with Crippen LogP contribution in [0.5, 0.6) is 5.75 Å². The molecule has 0 radical (unpaired) electrons. The SMILES string of the molecule is COc1ccc(/C=C/c2nc(N3CCNCC3)c(N)c(N3CCN(C(C)=O)CC3)n2)cc1. The van der Waals surface area contributed by atoms with Crippen LogP contribution in [0.15, 0.2) is 24.3 Å². The third-order valence-corrected chi connectivity index (χ3v) is 5.90. The van der Waals surface area contributed by atoms with Crippen molar-refractivity contribution in [3.63, 3.8) is 0 Å². The number of piperazine rings is 2. The lowest BCUT2D eigenvalue weighted by molar-refractivity contribution is -0.129. The van der Waals surface area contributed by atoms with Gasteiger partial charge in [0.2, 0.25) is 5.91 Å². The Bertz CT molecular complexity index is 963. The van der Waals surface area contributed by atoms with Gasteiger partial charge in [0.15, 0.2) is 17.5 Å². The van der Waals surface area contributed by atoms with E-state index in [-0.39, 0.29) is 5.91 Å². The van der Waals surface area contributed by atoms with Crippen LogP contribution in [0.1, 0.15) is 18.3 Å². The van der Waals surface area contributed by atoms with Crippen molar-refractivity contribution in [2.24, 2.45) is 0 Å². The summed E-state index contributed by atoms with van der Waals surface area (Å²) in [6.45, 7) is 7.82. The van der Waals surface area contributed by atoms with E-state index < -0.39 is 0 Å². The molecule has 3 N–H and O–H groups in total. The van der Waals surface area contributed by atoms with Crippen molar-refractivity contribution in [2.75, 3.05) is 75.0 Å². The van der Waals surface area contributed by atoms with Crippen molar-refractivity contribution in [3.8, 4) is 5.75 Å². The minimum Gasteiger partial charge on any atom is -0.497 e. The molecular formula is C23H31N7O2. The van der Waals surface area contributed by atoms with E-state index in [1.807, 2.05) is 41.3 Å². The van der Waals surface area contributed by atoms with Crippen molar-refractivity contribution < 1.29 is 9.53 Å². The largest absolute Gasteiger partial charge is 0.497 e. The van der Waals surface area contributed by atoms with E-state index in [1.54, 1.807) is 14.0 Å². The Hall–Kier alpha value is -3.33. The molecule has 0 saturated carbocycles. The number of amides is 1. The first kappa shape index (κ1) is 21.9. The third kappa shape index (κ3) is 4.94. The molecule has 0 aliphatic carbocycles. The van der Waals surface area contributed by atoms with Gasteiger partial charge in [0.05, 0.1) is 7.11 Å². The number of nitrogens with one attached hydrogen (secondary N) is 1. The molecular weight excluding hydrogens is 406 g/mol. The van der Waals surface area contributed by atoms with E-state index in [1.165, 1.54) is 0 Å². The van der Waals surface area contributed by atoms with Gasteiger partial charge in [0, 0.05) is 59.3 Å². The maximum Gasteiger partial charge on any atom is 0.219 e. The molecule has 1 amide bonds. The molecule has 2 aliphatic rings. The molecule has 3 heterocycles. The summed E-state index contributed by atoms with van der Waals surface area (Å²) in [5, 5.41) is 3.37. The quantitative estimate of drug-likeness (QED) is 0.723. The number of hydrogen-bond acceptors (Lipinski definition) is 8. The highest BCUT2D eigenvalue weighted by atomic mass is 16.5. The summed E-state index contributed by atoms with van der Waals surface area (Å²) in [7, 11) is 1.66. The number of anilines is 3. The van der Waals surface area contributed by atoms with Gasteiger partial charge in [-0.1, -0.05) is 18.2 Å². The summed E-state index contributed by atoms with van der Waals surface area (Å²) < 4.78 is 5.23. The first-order chi connectivity index (χ1) is 15.5. The van der Waals surface area contributed by atoms with Crippen LogP contribution < -0.4 is 25.6 Å². The number of nitrogen functional groups attached to an aromatic ring is 1. The average molecular weight is 438 g/mol. The summed E-state index contributed by atoms with van der Waals surface area (Å²) in [4.78, 5) is 27.5. The van der Waals surface area contributed by atoms with Gasteiger partial charge < -0.3 is 30.5 Å². The second-order valence-corrected chi connectivity index (χ2v) is 7.98. The maximum absolute atomic E-state index is 11.7. The predicted molar refractivity (Wildman–Crippen MR) is 128 cm³/mol. The normalized spacial score (nSPS) is 17.1. The summed E-state index contributed by atoms with van der Waals surface area (Å²) in [6.07, 6.45) is 3.91. The van der Waals surface area contributed by atoms with E-state index in [9.17, 15) is 4.79 Å². The number of benzene rings is 1. The summed E-state index contributed by atoms with van der Waals surface area (Å²) in [5.41, 5.74) is 8.24. The molecule has 2 fully saturated rings. The van der Waals surface area contributed by atoms with Crippen molar-refractivity contribution in [1.82, 2.24) is 20.2 Å². The zero-order chi connectivity index (χ0) is 22.5. The molecule has 0 spiro atoms. The first-order valence-corrected chi connectivity index (χ1v) is 11.0. The van der Waals surface area contributed by atoms with E-state index >= 15 is 0 Å². The topological polar surface area (TPSA) is 99.8 Å². The van der Waals surface area contributed by atoms with E-state index in [0.717, 1.165) is 49.1 Å². The zero-order valence-electron chi connectivity index (χ0n) is 18.8. The fourth-order valence-corrected chi connectivity index (χ4v) is 4.01. The molecule has 0 atom stereocenters. The Kier molecular flexibility index (Phi) is 6.75. The van der Waals surface area contributed by atoms with Crippen molar-refractivity contribution in [2.45, 2.75) is 6.92 Å². The number of hydrogen-bond donors (Lipinski definition) is 2. The van der Waals surface area contributed by atoms with Gasteiger partial charge in [-0.2, -0.15) is 0 Å². The predicted octanol–water partition coefficient (Wildman–Crippen LogP) is 1.32. The lowest BCUT2D eigenvalue weighted by Gasteiger charge is -2.36. The molecule has 9 nitrogen and oxygen atoms in total. The van der Waals surface area contributed by atoms with Crippen molar-refractivity contribution in [1.29, 1.82) is 0 Å². The minimum absolute atomic E-state index is 0.102. The molecule has 32 heavy (non-hydrogen) atoms. The number of ether oxygens (including phenoxy) is 1. The number of carbonyl (C=O) groups is 1. The number of nitrogens with zero attached hydrogens (tertiary/aromatic N) is 5. The zero-order valence-corrected chi connectivity index (χ0v) is 18.8. The summed E-state index contributed by atoms with van der Waals surface area (Å²) >= 11 is 0. The molecule has 2 aliphatic heterocycles. The number of rotatable bonds is 5. The Morgan fingerprint density at radius 2 is 1.56 bits per heavy atom. The van der Waals surface area contributed by atoms with Crippen LogP contribution >= 0.6 is 0 Å². The van der Waals surface area contributed by atoms with Crippen LogP contribution in [-0.4, -0.2) is 80.2 Å². The lowest BCUT2D eigenvalue weighted by atomic mass is 10.2. The van der Waals surface area contributed by atoms with E-state index in [0.29, 0.717) is 37.7 Å². The Balaban J connectivity index is 1.63. The molecule has 2 aromatic rings. The van der Waals surface area contributed by atoms with Gasteiger partial charge in [-0.25, -0.2) is 9.97 Å². The van der Waals surface area contributed by atoms with Crippen LogP contribution in [0, 0.1) is 0 Å². The monoisotopic (exact) mass is 437 g/mol. The van der Waals surface area contributed by atoms with Gasteiger partial charge in [0.25, 0.3) is 0 Å². The minimum atomic E-state index is 0.102.